The molecule has 84 valence electrons. The molecule has 0 spiro atoms. The van der Waals surface area contributed by atoms with Gasteiger partial charge in [-0.2, -0.15) is 12.6 Å². The lowest BCUT2D eigenvalue weighted by Crippen LogP contribution is -1.94. The summed E-state index contributed by atoms with van der Waals surface area (Å²) in [5.74, 6) is 2.67. The Labute approximate surface area is 95.6 Å². The third kappa shape index (κ3) is 8.68. The normalized spacial score (nSPS) is 16.0. The van der Waals surface area contributed by atoms with Crippen molar-refractivity contribution in [3.05, 3.63) is 12.2 Å². The maximum atomic E-state index is 4.24. The van der Waals surface area contributed by atoms with Gasteiger partial charge in [-0.1, -0.05) is 45.8 Å². The highest BCUT2D eigenvalue weighted by Gasteiger charge is 1.98. The van der Waals surface area contributed by atoms with Crippen molar-refractivity contribution in [3.8, 4) is 0 Å². The molecule has 14 heavy (non-hydrogen) atoms. The Kier molecular flexibility index (Phi) is 9.70. The predicted molar refractivity (Wildman–Crippen MR) is 70.1 cm³/mol. The minimum Gasteiger partial charge on any atom is -0.179 e. The van der Waals surface area contributed by atoms with Crippen LogP contribution in [0.1, 0.15) is 52.9 Å². The van der Waals surface area contributed by atoms with Crippen LogP contribution in [-0.2, 0) is 0 Å². The molecule has 1 heteroatoms. The molecule has 0 nitrogen and oxygen atoms in total. The highest BCUT2D eigenvalue weighted by Crippen LogP contribution is 2.13. The fraction of sp³-hybridized carbons (Fsp3) is 0.846. The van der Waals surface area contributed by atoms with Crippen LogP contribution in [0.2, 0.25) is 0 Å². The topological polar surface area (TPSA) is 0 Å². The van der Waals surface area contributed by atoms with E-state index in [9.17, 15) is 0 Å². The minimum absolute atomic E-state index is 0.797. The average Bonchev–Trinajstić information content (AvgIpc) is 2.13. The largest absolute Gasteiger partial charge is 0.179 e. The molecule has 0 aromatic heterocycles. The van der Waals surface area contributed by atoms with Gasteiger partial charge >= 0.3 is 0 Å². The second-order valence-corrected chi connectivity index (χ2v) is 4.90. The summed E-state index contributed by atoms with van der Waals surface area (Å²) < 4.78 is 0. The summed E-state index contributed by atoms with van der Waals surface area (Å²) in [5.41, 5.74) is 0. The van der Waals surface area contributed by atoms with Crippen LogP contribution in [0.3, 0.4) is 0 Å². The molecule has 0 saturated heterocycles. The summed E-state index contributed by atoms with van der Waals surface area (Å²) in [7, 11) is 0. The standard InChI is InChI=1S/C13H26S/c1-4-7-12(2)8-5-6-9-13(3)10-11-14/h5-6,12-14H,4,7-11H2,1-3H3. The number of hydrogen-bond acceptors (Lipinski definition) is 1. The average molecular weight is 214 g/mol. The van der Waals surface area contributed by atoms with Crippen LogP contribution in [0.15, 0.2) is 12.2 Å². The van der Waals surface area contributed by atoms with E-state index in [1.807, 2.05) is 0 Å². The molecule has 0 saturated carbocycles. The summed E-state index contributed by atoms with van der Waals surface area (Å²) in [5, 5.41) is 0. The first kappa shape index (κ1) is 14.1. The van der Waals surface area contributed by atoms with Crippen LogP contribution in [0.5, 0.6) is 0 Å². The van der Waals surface area contributed by atoms with Crippen molar-refractivity contribution in [2.45, 2.75) is 52.9 Å². The Morgan fingerprint density at radius 1 is 1.00 bits per heavy atom. The number of allylic oxidation sites excluding steroid dienone is 2. The van der Waals surface area contributed by atoms with Crippen molar-refractivity contribution in [1.82, 2.24) is 0 Å². The zero-order valence-electron chi connectivity index (χ0n) is 10.00. The van der Waals surface area contributed by atoms with Crippen LogP contribution in [0.25, 0.3) is 0 Å². The van der Waals surface area contributed by atoms with Gasteiger partial charge in [0.15, 0.2) is 0 Å². The van der Waals surface area contributed by atoms with E-state index in [4.69, 9.17) is 0 Å². The van der Waals surface area contributed by atoms with E-state index in [0.29, 0.717) is 0 Å². The van der Waals surface area contributed by atoms with Crippen molar-refractivity contribution in [3.63, 3.8) is 0 Å². The van der Waals surface area contributed by atoms with E-state index in [2.05, 4.69) is 45.6 Å². The molecule has 0 rings (SSSR count). The van der Waals surface area contributed by atoms with Gasteiger partial charge in [0.1, 0.15) is 0 Å². The van der Waals surface area contributed by atoms with Crippen LogP contribution in [0.4, 0.5) is 0 Å². The number of hydrogen-bond donors (Lipinski definition) is 1. The molecule has 0 aromatic carbocycles. The molecule has 0 bridgehead atoms. The summed E-state index contributed by atoms with van der Waals surface area (Å²) in [6, 6.07) is 0. The minimum atomic E-state index is 0.797. The Morgan fingerprint density at radius 2 is 1.50 bits per heavy atom. The van der Waals surface area contributed by atoms with Crippen LogP contribution in [0, 0.1) is 11.8 Å². The second kappa shape index (κ2) is 9.64. The van der Waals surface area contributed by atoms with Crippen molar-refractivity contribution in [1.29, 1.82) is 0 Å². The summed E-state index contributed by atoms with van der Waals surface area (Å²) in [6.07, 6.45) is 11.1. The first-order valence-corrected chi connectivity index (χ1v) is 6.59. The first-order chi connectivity index (χ1) is 6.70. The van der Waals surface area contributed by atoms with Gasteiger partial charge in [0.2, 0.25) is 0 Å². The predicted octanol–water partition coefficient (Wildman–Crippen LogP) is 4.72. The van der Waals surface area contributed by atoms with Gasteiger partial charge in [0, 0.05) is 0 Å². The Morgan fingerprint density at radius 3 is 1.93 bits per heavy atom. The maximum Gasteiger partial charge on any atom is -0.00953 e. The fourth-order valence-corrected chi connectivity index (χ4v) is 2.05. The zero-order valence-corrected chi connectivity index (χ0v) is 10.9. The lowest BCUT2D eigenvalue weighted by molar-refractivity contribution is 0.528. The third-order valence-electron chi connectivity index (χ3n) is 2.65. The Bertz CT molecular complexity index is 124. The summed E-state index contributed by atoms with van der Waals surface area (Å²) in [4.78, 5) is 0. The Hall–Kier alpha value is 0.0900. The van der Waals surface area contributed by atoms with Crippen molar-refractivity contribution >= 4 is 12.6 Å². The molecule has 0 radical (unpaired) electrons. The van der Waals surface area contributed by atoms with Crippen LogP contribution >= 0.6 is 12.6 Å². The van der Waals surface area contributed by atoms with E-state index in [0.717, 1.165) is 17.6 Å². The molecule has 0 aliphatic heterocycles. The van der Waals surface area contributed by atoms with Crippen molar-refractivity contribution < 1.29 is 0 Å². The molecular formula is C13H26S. The molecule has 0 heterocycles. The molecule has 0 amide bonds. The smallest absolute Gasteiger partial charge is 0.00953 e. The molecule has 2 atom stereocenters. The van der Waals surface area contributed by atoms with Gasteiger partial charge in [-0.05, 0) is 36.9 Å². The molecular weight excluding hydrogens is 188 g/mol. The van der Waals surface area contributed by atoms with Gasteiger partial charge in [0.05, 0.1) is 0 Å². The van der Waals surface area contributed by atoms with Gasteiger partial charge in [0.25, 0.3) is 0 Å². The zero-order chi connectivity index (χ0) is 10.8. The van der Waals surface area contributed by atoms with Gasteiger partial charge in [-0.15, -0.1) is 0 Å². The molecule has 0 aromatic rings. The summed E-state index contributed by atoms with van der Waals surface area (Å²) >= 11 is 4.24. The molecule has 0 aliphatic rings. The van der Waals surface area contributed by atoms with E-state index in [1.54, 1.807) is 0 Å². The van der Waals surface area contributed by atoms with Crippen molar-refractivity contribution in [2.75, 3.05) is 5.75 Å². The SMILES string of the molecule is CCCC(C)CC=CCC(C)CCS. The quantitative estimate of drug-likeness (QED) is 0.439. The molecule has 0 aliphatic carbocycles. The van der Waals surface area contributed by atoms with Crippen LogP contribution in [-0.4, -0.2) is 5.75 Å². The van der Waals surface area contributed by atoms with Crippen LogP contribution < -0.4 is 0 Å². The lowest BCUT2D eigenvalue weighted by Gasteiger charge is -2.07. The molecule has 0 N–H and O–H groups in total. The van der Waals surface area contributed by atoms with Gasteiger partial charge in [-0.3, -0.25) is 0 Å². The third-order valence-corrected chi connectivity index (χ3v) is 2.91. The van der Waals surface area contributed by atoms with E-state index in [-0.39, 0.29) is 0 Å². The maximum absolute atomic E-state index is 4.24. The molecule has 2 unspecified atom stereocenters. The van der Waals surface area contributed by atoms with E-state index < -0.39 is 0 Å². The first-order valence-electron chi connectivity index (χ1n) is 5.96. The van der Waals surface area contributed by atoms with E-state index >= 15 is 0 Å². The lowest BCUT2D eigenvalue weighted by atomic mass is 10.0. The molecule has 0 fully saturated rings. The van der Waals surface area contributed by atoms with Gasteiger partial charge < -0.3 is 0 Å². The number of rotatable bonds is 8. The number of thiol groups is 1. The fourth-order valence-electron chi connectivity index (χ4n) is 1.61. The monoisotopic (exact) mass is 214 g/mol. The second-order valence-electron chi connectivity index (χ2n) is 4.45. The van der Waals surface area contributed by atoms with Crippen molar-refractivity contribution in [2.24, 2.45) is 11.8 Å². The van der Waals surface area contributed by atoms with Gasteiger partial charge in [-0.25, -0.2) is 0 Å². The highest BCUT2D eigenvalue weighted by molar-refractivity contribution is 7.80. The summed E-state index contributed by atoms with van der Waals surface area (Å²) in [6.45, 7) is 6.90. The Balaban J connectivity index is 3.43. The highest BCUT2D eigenvalue weighted by atomic mass is 32.1. The van der Waals surface area contributed by atoms with E-state index in [1.165, 1.54) is 32.1 Å².